The number of aryl methyl sites for hydroxylation is 1. The highest BCUT2D eigenvalue weighted by molar-refractivity contribution is 5.96. The van der Waals surface area contributed by atoms with Crippen molar-refractivity contribution in [2.24, 2.45) is 5.92 Å². The van der Waals surface area contributed by atoms with Gasteiger partial charge in [0.25, 0.3) is 0 Å². The minimum absolute atomic E-state index is 0.319. The first-order chi connectivity index (χ1) is 8.25. The molecule has 0 N–H and O–H groups in total. The second-order valence-corrected chi connectivity index (χ2v) is 5.34. The first-order valence-corrected chi connectivity index (χ1v) is 6.85. The summed E-state index contributed by atoms with van der Waals surface area (Å²) in [6.07, 6.45) is 8.61. The first kappa shape index (κ1) is 12.3. The van der Waals surface area contributed by atoms with Crippen LogP contribution in [0, 0.1) is 12.8 Å². The predicted octanol–water partition coefficient (Wildman–Crippen LogP) is 4.54. The Bertz CT molecular complexity index is 375. The number of benzene rings is 1. The molecule has 92 valence electrons. The number of carbonyl (C=O) groups excluding carboxylic acids is 1. The van der Waals surface area contributed by atoms with Crippen LogP contribution in [0.4, 0.5) is 0 Å². The molecule has 0 atom stereocenters. The Kier molecular flexibility index (Phi) is 4.36. The summed E-state index contributed by atoms with van der Waals surface area (Å²) < 4.78 is 0. The van der Waals surface area contributed by atoms with Crippen LogP contribution in [-0.4, -0.2) is 5.78 Å². The van der Waals surface area contributed by atoms with Gasteiger partial charge in [-0.15, -0.1) is 0 Å². The van der Waals surface area contributed by atoms with Crippen LogP contribution in [0.1, 0.15) is 60.9 Å². The number of rotatable bonds is 4. The molecular formula is C16H22O. The third-order valence-corrected chi connectivity index (χ3v) is 3.84. The minimum Gasteiger partial charge on any atom is -0.294 e. The molecule has 0 aromatic heterocycles. The van der Waals surface area contributed by atoms with Crippen LogP contribution in [-0.2, 0) is 0 Å². The second kappa shape index (κ2) is 6.00. The van der Waals surface area contributed by atoms with Gasteiger partial charge in [-0.05, 0) is 25.3 Å². The van der Waals surface area contributed by atoms with Crippen molar-refractivity contribution in [2.75, 3.05) is 0 Å². The van der Waals surface area contributed by atoms with Gasteiger partial charge in [0.2, 0.25) is 0 Å². The molecule has 0 saturated heterocycles. The maximum absolute atomic E-state index is 12.0. The molecule has 1 heteroatoms. The van der Waals surface area contributed by atoms with E-state index >= 15 is 0 Å². The molecule has 0 bridgehead atoms. The summed E-state index contributed by atoms with van der Waals surface area (Å²) in [6.45, 7) is 2.04. The summed E-state index contributed by atoms with van der Waals surface area (Å²) in [6, 6.07) is 7.96. The molecule has 1 fully saturated rings. The van der Waals surface area contributed by atoms with Crippen molar-refractivity contribution in [1.29, 1.82) is 0 Å². The summed E-state index contributed by atoms with van der Waals surface area (Å²) in [5.41, 5.74) is 2.06. The molecule has 0 amide bonds. The van der Waals surface area contributed by atoms with Crippen LogP contribution < -0.4 is 0 Å². The zero-order valence-corrected chi connectivity index (χ0v) is 10.7. The lowest BCUT2D eigenvalue weighted by Gasteiger charge is -2.20. The lowest BCUT2D eigenvalue weighted by Crippen LogP contribution is -2.09. The molecule has 1 saturated carbocycles. The predicted molar refractivity (Wildman–Crippen MR) is 71.3 cm³/mol. The third-order valence-electron chi connectivity index (χ3n) is 3.84. The van der Waals surface area contributed by atoms with Gasteiger partial charge in [-0.1, -0.05) is 55.9 Å². The Hall–Kier alpha value is -1.11. The number of ketones is 1. The van der Waals surface area contributed by atoms with Crippen LogP contribution in [0.5, 0.6) is 0 Å². The van der Waals surface area contributed by atoms with E-state index in [1.165, 1.54) is 37.7 Å². The molecule has 1 nitrogen and oxygen atoms in total. The van der Waals surface area contributed by atoms with Gasteiger partial charge >= 0.3 is 0 Å². The van der Waals surface area contributed by atoms with Crippen molar-refractivity contribution in [2.45, 2.75) is 51.9 Å². The molecule has 1 aliphatic carbocycles. The number of carbonyl (C=O) groups is 1. The average Bonchev–Trinajstić information content (AvgIpc) is 2.37. The standard InChI is InChI=1S/C16H22O/c1-13-6-5-9-15(12-13)16(17)11-10-14-7-3-2-4-8-14/h5-6,9,12,14H,2-4,7-8,10-11H2,1H3. The van der Waals surface area contributed by atoms with Crippen LogP contribution >= 0.6 is 0 Å². The Morgan fingerprint density at radius 3 is 2.71 bits per heavy atom. The van der Waals surface area contributed by atoms with E-state index < -0.39 is 0 Å². The maximum atomic E-state index is 12.0. The molecule has 1 aliphatic rings. The highest BCUT2D eigenvalue weighted by Gasteiger charge is 2.15. The summed E-state index contributed by atoms with van der Waals surface area (Å²) in [4.78, 5) is 12.0. The number of Topliss-reactive ketones (excluding diaryl/α,β-unsaturated/α-hetero) is 1. The van der Waals surface area contributed by atoms with Gasteiger partial charge in [-0.25, -0.2) is 0 Å². The van der Waals surface area contributed by atoms with Crippen molar-refractivity contribution in [3.05, 3.63) is 35.4 Å². The Balaban J connectivity index is 1.84. The van der Waals surface area contributed by atoms with Crippen molar-refractivity contribution in [3.63, 3.8) is 0 Å². The summed E-state index contributed by atoms with van der Waals surface area (Å²) >= 11 is 0. The topological polar surface area (TPSA) is 17.1 Å². The van der Waals surface area contributed by atoms with Gasteiger partial charge < -0.3 is 0 Å². The smallest absolute Gasteiger partial charge is 0.162 e. The lowest BCUT2D eigenvalue weighted by atomic mass is 9.85. The molecule has 2 rings (SSSR count). The molecule has 1 aromatic rings. The van der Waals surface area contributed by atoms with Gasteiger partial charge in [0.05, 0.1) is 0 Å². The van der Waals surface area contributed by atoms with Crippen molar-refractivity contribution in [1.82, 2.24) is 0 Å². The molecule has 0 heterocycles. The van der Waals surface area contributed by atoms with Crippen LogP contribution in [0.2, 0.25) is 0 Å². The molecule has 0 spiro atoms. The Morgan fingerprint density at radius 1 is 1.24 bits per heavy atom. The first-order valence-electron chi connectivity index (χ1n) is 6.85. The maximum Gasteiger partial charge on any atom is 0.162 e. The quantitative estimate of drug-likeness (QED) is 0.694. The summed E-state index contributed by atoms with van der Waals surface area (Å²) in [5.74, 6) is 1.12. The Morgan fingerprint density at radius 2 is 2.00 bits per heavy atom. The zero-order chi connectivity index (χ0) is 12.1. The van der Waals surface area contributed by atoms with Crippen LogP contribution in [0.3, 0.4) is 0 Å². The third kappa shape index (κ3) is 3.69. The average molecular weight is 230 g/mol. The van der Waals surface area contributed by atoms with E-state index in [0.29, 0.717) is 5.78 Å². The molecule has 1 aromatic carbocycles. The molecular weight excluding hydrogens is 208 g/mol. The van der Waals surface area contributed by atoms with E-state index in [9.17, 15) is 4.79 Å². The SMILES string of the molecule is Cc1cccc(C(=O)CCC2CCCCC2)c1. The molecule has 17 heavy (non-hydrogen) atoms. The fourth-order valence-corrected chi connectivity index (χ4v) is 2.77. The Labute approximate surface area is 104 Å². The van der Waals surface area contributed by atoms with Crippen LogP contribution in [0.25, 0.3) is 0 Å². The van der Waals surface area contributed by atoms with Gasteiger partial charge in [0, 0.05) is 12.0 Å². The normalized spacial score (nSPS) is 17.0. The highest BCUT2D eigenvalue weighted by atomic mass is 16.1. The lowest BCUT2D eigenvalue weighted by molar-refractivity contribution is 0.0970. The summed E-state index contributed by atoms with van der Waals surface area (Å²) in [7, 11) is 0. The molecule has 0 aliphatic heterocycles. The zero-order valence-electron chi connectivity index (χ0n) is 10.7. The van der Waals surface area contributed by atoms with Gasteiger partial charge in [0.15, 0.2) is 5.78 Å². The van der Waals surface area contributed by atoms with E-state index in [-0.39, 0.29) is 0 Å². The van der Waals surface area contributed by atoms with Crippen molar-refractivity contribution in [3.8, 4) is 0 Å². The molecule has 0 radical (unpaired) electrons. The summed E-state index contributed by atoms with van der Waals surface area (Å²) in [5, 5.41) is 0. The largest absolute Gasteiger partial charge is 0.294 e. The molecule has 0 unspecified atom stereocenters. The van der Waals surface area contributed by atoms with Crippen molar-refractivity contribution < 1.29 is 4.79 Å². The van der Waals surface area contributed by atoms with E-state index in [1.54, 1.807) is 0 Å². The van der Waals surface area contributed by atoms with E-state index in [0.717, 1.165) is 24.3 Å². The minimum atomic E-state index is 0.319. The number of hydrogen-bond donors (Lipinski definition) is 0. The van der Waals surface area contributed by atoms with Gasteiger partial charge in [-0.2, -0.15) is 0 Å². The van der Waals surface area contributed by atoms with Crippen molar-refractivity contribution >= 4 is 5.78 Å². The van der Waals surface area contributed by atoms with Gasteiger partial charge in [-0.3, -0.25) is 4.79 Å². The monoisotopic (exact) mass is 230 g/mol. The van der Waals surface area contributed by atoms with Crippen LogP contribution in [0.15, 0.2) is 24.3 Å². The fourth-order valence-electron chi connectivity index (χ4n) is 2.77. The van der Waals surface area contributed by atoms with E-state index in [1.807, 2.05) is 31.2 Å². The fraction of sp³-hybridized carbons (Fsp3) is 0.562. The van der Waals surface area contributed by atoms with E-state index in [4.69, 9.17) is 0 Å². The number of hydrogen-bond acceptors (Lipinski definition) is 1. The van der Waals surface area contributed by atoms with Gasteiger partial charge in [0.1, 0.15) is 0 Å². The second-order valence-electron chi connectivity index (χ2n) is 5.34. The van der Waals surface area contributed by atoms with E-state index in [2.05, 4.69) is 0 Å². The highest BCUT2D eigenvalue weighted by Crippen LogP contribution is 2.27.